The number of benzene rings is 2. The summed E-state index contributed by atoms with van der Waals surface area (Å²) >= 11 is 0. The number of hydrogen-bond acceptors (Lipinski definition) is 5. The number of nitrogens with one attached hydrogen (secondary N) is 2. The van der Waals surface area contributed by atoms with Gasteiger partial charge in [-0.05, 0) is 57.4 Å². The fourth-order valence-corrected chi connectivity index (χ4v) is 4.32. The Hall–Kier alpha value is -3.83. The van der Waals surface area contributed by atoms with E-state index in [-0.39, 0.29) is 6.54 Å². The Kier molecular flexibility index (Phi) is 12.7. The maximum absolute atomic E-state index is 14.0. The molecule has 216 valence electrons. The molecule has 0 aliphatic carbocycles. The number of aliphatic hydroxyl groups excluding tert-OH is 1. The zero-order valence-corrected chi connectivity index (χ0v) is 24.3. The second kappa shape index (κ2) is 15.7. The first-order chi connectivity index (χ1) is 19.0. The molecule has 2 aromatic carbocycles. The van der Waals surface area contributed by atoms with E-state index >= 15 is 0 Å². The van der Waals surface area contributed by atoms with Gasteiger partial charge in [-0.3, -0.25) is 9.59 Å². The van der Waals surface area contributed by atoms with E-state index in [0.29, 0.717) is 23.2 Å². The van der Waals surface area contributed by atoms with Crippen molar-refractivity contribution in [2.45, 2.75) is 84.4 Å². The lowest BCUT2D eigenvalue weighted by atomic mass is 9.97. The van der Waals surface area contributed by atoms with Crippen molar-refractivity contribution in [1.29, 1.82) is 0 Å². The first kappa shape index (κ1) is 32.4. The van der Waals surface area contributed by atoms with Crippen molar-refractivity contribution in [2.75, 3.05) is 18.5 Å². The molecule has 0 saturated heterocycles. The molecule has 8 heteroatoms. The van der Waals surface area contributed by atoms with Gasteiger partial charge in [-0.1, -0.05) is 74.9 Å². The average Bonchev–Trinajstić information content (AvgIpc) is 2.91. The Morgan fingerprint density at radius 3 is 2.30 bits per heavy atom. The van der Waals surface area contributed by atoms with Gasteiger partial charge in [0.15, 0.2) is 0 Å². The fraction of sp³-hybridized carbons (Fsp3) is 0.469. The van der Waals surface area contributed by atoms with E-state index in [1.807, 2.05) is 25.1 Å². The average molecular weight is 550 g/mol. The van der Waals surface area contributed by atoms with Crippen LogP contribution >= 0.6 is 0 Å². The minimum absolute atomic E-state index is 0.222. The molecule has 3 amide bonds. The van der Waals surface area contributed by atoms with E-state index in [1.54, 1.807) is 51.1 Å². The summed E-state index contributed by atoms with van der Waals surface area (Å²) < 4.78 is 5.31. The lowest BCUT2D eigenvalue weighted by Gasteiger charge is -2.34. The molecule has 0 aromatic heterocycles. The molecule has 3 N–H and O–H groups in total. The number of alkyl carbamates (subject to hydrolysis) is 1. The van der Waals surface area contributed by atoms with Gasteiger partial charge in [0.05, 0.1) is 6.61 Å². The Morgan fingerprint density at radius 1 is 1.02 bits per heavy atom. The highest BCUT2D eigenvalue weighted by Crippen LogP contribution is 2.28. The van der Waals surface area contributed by atoms with Gasteiger partial charge in [0.2, 0.25) is 5.91 Å². The van der Waals surface area contributed by atoms with Crippen LogP contribution in [0.3, 0.4) is 0 Å². The number of carbonyl (C=O) groups is 3. The quantitative estimate of drug-likeness (QED) is 0.231. The van der Waals surface area contributed by atoms with Crippen LogP contribution in [-0.2, 0) is 14.3 Å². The second-order valence-corrected chi connectivity index (χ2v) is 10.8. The van der Waals surface area contributed by atoms with Crippen molar-refractivity contribution in [3.05, 3.63) is 65.2 Å². The number of carbonyl (C=O) groups excluding carboxylic acids is 3. The molecular formula is C32H43N3O5. The highest BCUT2D eigenvalue weighted by atomic mass is 16.6. The van der Waals surface area contributed by atoms with E-state index in [1.165, 1.54) is 4.90 Å². The van der Waals surface area contributed by atoms with Crippen LogP contribution in [0.4, 0.5) is 10.5 Å². The number of para-hydroxylation sites is 1. The lowest BCUT2D eigenvalue weighted by molar-refractivity contribution is -0.141. The molecule has 0 aliphatic heterocycles. The highest BCUT2D eigenvalue weighted by Gasteiger charge is 2.37. The van der Waals surface area contributed by atoms with Gasteiger partial charge in [0.25, 0.3) is 5.91 Å². The Bertz CT molecular complexity index is 1180. The fourth-order valence-electron chi connectivity index (χ4n) is 4.32. The molecule has 40 heavy (non-hydrogen) atoms. The topological polar surface area (TPSA) is 108 Å². The number of unbranched alkanes of at least 4 members (excludes halogenated alkanes) is 4. The van der Waals surface area contributed by atoms with Crippen LogP contribution in [0, 0.1) is 19.3 Å². The van der Waals surface area contributed by atoms with Gasteiger partial charge in [-0.15, -0.1) is 6.42 Å². The molecular weight excluding hydrogens is 506 g/mol. The summed E-state index contributed by atoms with van der Waals surface area (Å²) in [5, 5.41) is 15.6. The van der Waals surface area contributed by atoms with Gasteiger partial charge >= 0.3 is 6.09 Å². The molecule has 0 saturated carbocycles. The summed E-state index contributed by atoms with van der Waals surface area (Å²) in [5.41, 5.74) is 1.62. The number of hydrogen-bond donors (Lipinski definition) is 3. The smallest absolute Gasteiger partial charge is 0.408 e. The summed E-state index contributed by atoms with van der Waals surface area (Å²) in [5.74, 6) is 1.57. The number of ether oxygens (including phenoxy) is 1. The molecule has 0 aliphatic rings. The normalized spacial score (nSPS) is 12.5. The molecule has 2 rings (SSSR count). The van der Waals surface area contributed by atoms with Gasteiger partial charge < -0.3 is 25.4 Å². The number of amides is 3. The molecule has 8 nitrogen and oxygen atoms in total. The number of aryl methyl sites for hydroxylation is 1. The zero-order valence-electron chi connectivity index (χ0n) is 24.3. The predicted octanol–water partition coefficient (Wildman–Crippen LogP) is 5.34. The summed E-state index contributed by atoms with van der Waals surface area (Å²) in [6.45, 7) is 8.65. The molecule has 2 atom stereocenters. The van der Waals surface area contributed by atoms with E-state index in [9.17, 15) is 19.5 Å². The number of terminal acetylenes is 1. The number of aliphatic hydroxyl groups is 1. The Labute approximate surface area is 238 Å². The maximum Gasteiger partial charge on any atom is 0.408 e. The maximum atomic E-state index is 14.0. The molecule has 0 fully saturated rings. The lowest BCUT2D eigenvalue weighted by Crippen LogP contribution is -2.54. The predicted molar refractivity (Wildman–Crippen MR) is 158 cm³/mol. The van der Waals surface area contributed by atoms with Crippen LogP contribution < -0.4 is 10.6 Å². The van der Waals surface area contributed by atoms with E-state index < -0.39 is 42.2 Å². The molecule has 0 heterocycles. The largest absolute Gasteiger partial charge is 0.444 e. The second-order valence-electron chi connectivity index (χ2n) is 10.8. The van der Waals surface area contributed by atoms with Gasteiger partial charge in [-0.2, -0.15) is 0 Å². The highest BCUT2D eigenvalue weighted by molar-refractivity contribution is 5.99. The number of rotatable bonds is 13. The summed E-state index contributed by atoms with van der Waals surface area (Å²) in [6.07, 6.45) is 9.55. The van der Waals surface area contributed by atoms with Crippen LogP contribution in [-0.4, -0.2) is 52.7 Å². The van der Waals surface area contributed by atoms with Crippen molar-refractivity contribution < 1.29 is 24.2 Å². The SMILES string of the molecule is C#Cc1ccccc1C(C(=O)Nc1ccccc1C)N(CCCCCCC)C(=O)C(CO)NC(=O)OC(C)(C)C. The molecule has 0 bridgehead atoms. The van der Waals surface area contributed by atoms with Crippen molar-refractivity contribution in [1.82, 2.24) is 10.2 Å². The van der Waals surface area contributed by atoms with Crippen LogP contribution in [0.2, 0.25) is 0 Å². The van der Waals surface area contributed by atoms with Crippen molar-refractivity contribution in [3.8, 4) is 12.3 Å². The standard InChI is InChI=1S/C32H43N3O5/c1-7-9-10-11-16-21-35(30(38)27(22-36)34-31(39)40-32(4,5)6)28(25-19-14-13-18-24(25)8-2)29(37)33-26-20-15-12-17-23(26)3/h2,12-15,17-20,27-28,36H,7,9-11,16,21-22H2,1,3-6H3,(H,33,37)(H,34,39). The third-order valence-corrected chi connectivity index (χ3v) is 6.33. The summed E-state index contributed by atoms with van der Waals surface area (Å²) in [7, 11) is 0. The summed E-state index contributed by atoms with van der Waals surface area (Å²) in [4.78, 5) is 41.9. The zero-order chi connectivity index (χ0) is 29.7. The third-order valence-electron chi connectivity index (χ3n) is 6.33. The van der Waals surface area contributed by atoms with Gasteiger partial charge in [-0.25, -0.2) is 4.79 Å². The number of nitrogens with zero attached hydrogens (tertiary/aromatic N) is 1. The van der Waals surface area contributed by atoms with Crippen LogP contribution in [0.1, 0.15) is 82.5 Å². The van der Waals surface area contributed by atoms with E-state index in [4.69, 9.17) is 11.2 Å². The first-order valence-electron chi connectivity index (χ1n) is 13.8. The molecule has 2 aromatic rings. The van der Waals surface area contributed by atoms with Crippen LogP contribution in [0.25, 0.3) is 0 Å². The van der Waals surface area contributed by atoms with Gasteiger partial charge in [0.1, 0.15) is 17.7 Å². The van der Waals surface area contributed by atoms with Crippen molar-refractivity contribution in [2.24, 2.45) is 0 Å². The molecule has 0 spiro atoms. The molecule has 0 radical (unpaired) electrons. The minimum Gasteiger partial charge on any atom is -0.444 e. The minimum atomic E-state index is -1.32. The van der Waals surface area contributed by atoms with Crippen molar-refractivity contribution >= 4 is 23.6 Å². The van der Waals surface area contributed by atoms with E-state index in [2.05, 4.69) is 23.5 Å². The van der Waals surface area contributed by atoms with Crippen molar-refractivity contribution in [3.63, 3.8) is 0 Å². The van der Waals surface area contributed by atoms with E-state index in [0.717, 1.165) is 31.2 Å². The number of anilines is 1. The first-order valence-corrected chi connectivity index (χ1v) is 13.8. The molecule has 2 unspecified atom stereocenters. The third kappa shape index (κ3) is 9.73. The van der Waals surface area contributed by atoms with Gasteiger partial charge in [0, 0.05) is 17.8 Å². The monoisotopic (exact) mass is 549 g/mol. The Morgan fingerprint density at radius 2 is 1.68 bits per heavy atom. The van der Waals surface area contributed by atoms with Crippen LogP contribution in [0.5, 0.6) is 0 Å². The van der Waals surface area contributed by atoms with Crippen LogP contribution in [0.15, 0.2) is 48.5 Å². The Balaban J connectivity index is 2.53. The summed E-state index contributed by atoms with van der Waals surface area (Å²) in [6, 6.07) is 11.9.